The molecule has 0 bridgehead atoms. The summed E-state index contributed by atoms with van der Waals surface area (Å²) in [7, 11) is 0. The smallest absolute Gasteiger partial charge is 0.242 e. The molecule has 0 saturated carbocycles. The van der Waals surface area contributed by atoms with Crippen molar-refractivity contribution in [1.29, 1.82) is 0 Å². The number of hydrogen-bond donors (Lipinski definition) is 1. The van der Waals surface area contributed by atoms with Gasteiger partial charge in [0.15, 0.2) is 0 Å². The number of fused-ring (bicyclic) bond motifs is 1. The summed E-state index contributed by atoms with van der Waals surface area (Å²) < 4.78 is 10.9. The van der Waals surface area contributed by atoms with Crippen LogP contribution in [0.25, 0.3) is 22.3 Å². The molecule has 180 valence electrons. The van der Waals surface area contributed by atoms with Crippen molar-refractivity contribution in [2.75, 3.05) is 24.6 Å². The van der Waals surface area contributed by atoms with Gasteiger partial charge in [0.05, 0.1) is 17.8 Å². The summed E-state index contributed by atoms with van der Waals surface area (Å²) in [6, 6.07) is 9.18. The van der Waals surface area contributed by atoms with E-state index in [1.807, 2.05) is 49.1 Å². The Morgan fingerprint density at radius 3 is 3.00 bits per heavy atom. The van der Waals surface area contributed by atoms with E-state index in [0.717, 1.165) is 47.3 Å². The van der Waals surface area contributed by atoms with Gasteiger partial charge >= 0.3 is 0 Å². The molecule has 1 N–H and O–H groups in total. The Balaban J connectivity index is 1.23. The maximum absolute atomic E-state index is 13.0. The maximum atomic E-state index is 13.0. The number of amides is 1. The zero-order chi connectivity index (χ0) is 24.2. The summed E-state index contributed by atoms with van der Waals surface area (Å²) >= 11 is 0. The van der Waals surface area contributed by atoms with Crippen molar-refractivity contribution in [2.45, 2.75) is 39.2 Å². The van der Waals surface area contributed by atoms with Crippen molar-refractivity contribution >= 4 is 22.8 Å². The molecule has 0 radical (unpaired) electrons. The van der Waals surface area contributed by atoms with Gasteiger partial charge < -0.3 is 19.5 Å². The Bertz CT molecular complexity index is 1330. The molecule has 1 aliphatic rings. The van der Waals surface area contributed by atoms with Crippen LogP contribution in [0.2, 0.25) is 0 Å². The lowest BCUT2D eigenvalue weighted by Crippen LogP contribution is -2.44. The highest BCUT2D eigenvalue weighted by Gasteiger charge is 2.32. The van der Waals surface area contributed by atoms with Gasteiger partial charge in [-0.1, -0.05) is 5.16 Å². The number of carbonyl (C=O) groups excluding carboxylic acids is 1. The molecule has 3 aromatic heterocycles. The summed E-state index contributed by atoms with van der Waals surface area (Å²) in [5.41, 5.74) is 2.48. The second-order valence-electron chi connectivity index (χ2n) is 8.37. The molecule has 5 rings (SSSR count). The van der Waals surface area contributed by atoms with E-state index in [4.69, 9.17) is 19.2 Å². The number of aryl methyl sites for hydroxylation is 1. The van der Waals surface area contributed by atoms with Gasteiger partial charge in [-0.3, -0.25) is 9.78 Å². The molecule has 4 aromatic rings. The second-order valence-corrected chi connectivity index (χ2v) is 8.37. The fourth-order valence-corrected chi connectivity index (χ4v) is 4.29. The summed E-state index contributed by atoms with van der Waals surface area (Å²) in [5.74, 6) is 2.27. The van der Waals surface area contributed by atoms with Crippen LogP contribution < -0.4 is 15.0 Å². The molecule has 1 aromatic carbocycles. The highest BCUT2D eigenvalue weighted by molar-refractivity contribution is 5.87. The van der Waals surface area contributed by atoms with E-state index >= 15 is 0 Å². The Morgan fingerprint density at radius 1 is 1.26 bits per heavy atom. The van der Waals surface area contributed by atoms with Crippen molar-refractivity contribution in [3.63, 3.8) is 0 Å². The van der Waals surface area contributed by atoms with Crippen molar-refractivity contribution in [3.8, 4) is 17.1 Å². The van der Waals surface area contributed by atoms with Crippen LogP contribution in [0.3, 0.4) is 0 Å². The lowest BCUT2D eigenvalue weighted by Gasteiger charge is -2.24. The third kappa shape index (κ3) is 4.91. The first-order valence-electron chi connectivity index (χ1n) is 11.8. The summed E-state index contributed by atoms with van der Waals surface area (Å²) in [5, 5.41) is 7.94. The number of ether oxygens (including phenoxy) is 1. The largest absolute Gasteiger partial charge is 0.494 e. The lowest BCUT2D eigenvalue weighted by atomic mass is 10.2. The van der Waals surface area contributed by atoms with Gasteiger partial charge in [-0.2, -0.15) is 4.98 Å². The average molecular weight is 474 g/mol. The van der Waals surface area contributed by atoms with Crippen LogP contribution in [0, 0.1) is 6.92 Å². The zero-order valence-electron chi connectivity index (χ0n) is 19.8. The summed E-state index contributed by atoms with van der Waals surface area (Å²) in [6.07, 6.45) is 5.47. The summed E-state index contributed by atoms with van der Waals surface area (Å²) in [4.78, 5) is 32.9. The van der Waals surface area contributed by atoms with Gasteiger partial charge in [0, 0.05) is 42.9 Å². The van der Waals surface area contributed by atoms with Crippen LogP contribution in [-0.2, 0) is 11.2 Å². The zero-order valence-corrected chi connectivity index (χ0v) is 19.8. The Labute approximate surface area is 202 Å². The van der Waals surface area contributed by atoms with Crippen LogP contribution in [0.15, 0.2) is 47.2 Å². The van der Waals surface area contributed by atoms with Crippen molar-refractivity contribution in [3.05, 3.63) is 54.3 Å². The standard InChI is InChI=1S/C25H27N7O3/c1-3-34-18-8-9-20-19(14-18)16(2)28-25(29-20)32-13-5-7-21(32)24(33)27-12-10-22-30-23(31-35-22)17-6-4-11-26-15-17/h4,6,8-9,11,14-15,21H,3,5,7,10,12-13H2,1-2H3,(H,27,33)/t21-/m0/s1. The van der Waals surface area contributed by atoms with Gasteiger partial charge in [0.25, 0.3) is 0 Å². The molecule has 1 amide bonds. The quantitative estimate of drug-likeness (QED) is 0.412. The number of rotatable bonds is 8. The molecule has 1 saturated heterocycles. The number of anilines is 1. The molecule has 1 fully saturated rings. The highest BCUT2D eigenvalue weighted by atomic mass is 16.5. The minimum absolute atomic E-state index is 0.0532. The molecule has 10 heteroatoms. The van der Waals surface area contributed by atoms with Crippen LogP contribution in [0.4, 0.5) is 5.95 Å². The minimum Gasteiger partial charge on any atom is -0.494 e. The molecular weight excluding hydrogens is 446 g/mol. The maximum Gasteiger partial charge on any atom is 0.242 e. The van der Waals surface area contributed by atoms with Gasteiger partial charge in [-0.25, -0.2) is 9.97 Å². The number of aromatic nitrogens is 5. The van der Waals surface area contributed by atoms with E-state index in [0.29, 0.717) is 37.2 Å². The number of pyridine rings is 1. The molecular formula is C25H27N7O3. The number of benzene rings is 1. The van der Waals surface area contributed by atoms with Gasteiger partial charge in [0.1, 0.15) is 11.8 Å². The summed E-state index contributed by atoms with van der Waals surface area (Å²) in [6.45, 7) is 5.65. The van der Waals surface area contributed by atoms with Gasteiger partial charge in [-0.05, 0) is 57.0 Å². The highest BCUT2D eigenvalue weighted by Crippen LogP contribution is 2.28. The third-order valence-electron chi connectivity index (χ3n) is 6.00. The number of hydrogen-bond acceptors (Lipinski definition) is 9. The predicted octanol–water partition coefficient (Wildman–Crippen LogP) is 3.11. The fraction of sp³-hybridized carbons (Fsp3) is 0.360. The van der Waals surface area contributed by atoms with Gasteiger partial charge in [-0.15, -0.1) is 0 Å². The van der Waals surface area contributed by atoms with Crippen LogP contribution >= 0.6 is 0 Å². The Hall–Kier alpha value is -4.08. The number of nitrogens with zero attached hydrogens (tertiary/aromatic N) is 6. The molecule has 4 heterocycles. The Morgan fingerprint density at radius 2 is 2.17 bits per heavy atom. The van der Waals surface area contributed by atoms with Crippen molar-refractivity contribution in [2.24, 2.45) is 0 Å². The van der Waals surface area contributed by atoms with E-state index in [-0.39, 0.29) is 11.9 Å². The number of nitrogens with one attached hydrogen (secondary N) is 1. The molecule has 0 unspecified atom stereocenters. The second kappa shape index (κ2) is 10.0. The van der Waals surface area contributed by atoms with E-state index < -0.39 is 0 Å². The lowest BCUT2D eigenvalue weighted by molar-refractivity contribution is -0.122. The van der Waals surface area contributed by atoms with Crippen LogP contribution in [-0.4, -0.2) is 56.7 Å². The molecule has 10 nitrogen and oxygen atoms in total. The van der Waals surface area contributed by atoms with Crippen LogP contribution in [0.1, 0.15) is 31.4 Å². The van der Waals surface area contributed by atoms with Crippen molar-refractivity contribution in [1.82, 2.24) is 30.4 Å². The van der Waals surface area contributed by atoms with Crippen LogP contribution in [0.5, 0.6) is 5.75 Å². The topological polar surface area (TPSA) is 119 Å². The molecule has 1 aliphatic heterocycles. The predicted molar refractivity (Wildman–Crippen MR) is 130 cm³/mol. The molecule has 1 atom stereocenters. The van der Waals surface area contributed by atoms with Gasteiger partial charge in [0.2, 0.25) is 23.6 Å². The minimum atomic E-state index is -0.316. The van der Waals surface area contributed by atoms with E-state index in [9.17, 15) is 4.79 Å². The normalized spacial score (nSPS) is 15.5. The van der Waals surface area contributed by atoms with E-state index in [2.05, 4.69) is 20.4 Å². The molecule has 35 heavy (non-hydrogen) atoms. The fourth-order valence-electron chi connectivity index (χ4n) is 4.29. The van der Waals surface area contributed by atoms with Crippen molar-refractivity contribution < 1.29 is 14.1 Å². The first-order chi connectivity index (χ1) is 17.1. The molecule has 0 aliphatic carbocycles. The number of carbonyl (C=O) groups is 1. The monoisotopic (exact) mass is 473 g/mol. The third-order valence-corrected chi connectivity index (χ3v) is 6.00. The average Bonchev–Trinajstić information content (AvgIpc) is 3.55. The SMILES string of the molecule is CCOc1ccc2nc(N3CCC[C@H]3C(=O)NCCc3nc(-c4cccnc4)no3)nc(C)c2c1. The first-order valence-corrected chi connectivity index (χ1v) is 11.8. The first kappa shape index (κ1) is 22.7. The molecule has 0 spiro atoms. The van der Waals surface area contributed by atoms with E-state index in [1.54, 1.807) is 12.4 Å². The van der Waals surface area contributed by atoms with E-state index in [1.165, 1.54) is 0 Å². The Kier molecular flexibility index (Phi) is 6.51.